The van der Waals surface area contributed by atoms with Gasteiger partial charge in [0.2, 0.25) is 0 Å². The van der Waals surface area contributed by atoms with Crippen molar-refractivity contribution in [3.05, 3.63) is 79.1 Å². The van der Waals surface area contributed by atoms with Crippen molar-refractivity contribution in [1.82, 2.24) is 14.3 Å². The van der Waals surface area contributed by atoms with Gasteiger partial charge in [0.15, 0.2) is 0 Å². The number of pyridine rings is 1. The van der Waals surface area contributed by atoms with Crippen molar-refractivity contribution in [2.24, 2.45) is 0 Å². The fourth-order valence-corrected chi connectivity index (χ4v) is 4.38. The summed E-state index contributed by atoms with van der Waals surface area (Å²) >= 11 is 0. The van der Waals surface area contributed by atoms with Crippen molar-refractivity contribution in [2.45, 2.75) is 25.7 Å². The smallest absolute Gasteiger partial charge is 0.137 e. The molecule has 158 valence electrons. The van der Waals surface area contributed by atoms with Gasteiger partial charge in [0.25, 0.3) is 0 Å². The van der Waals surface area contributed by atoms with E-state index in [1.54, 1.807) is 0 Å². The summed E-state index contributed by atoms with van der Waals surface area (Å²) in [6, 6.07) is 23.0. The van der Waals surface area contributed by atoms with E-state index in [2.05, 4.69) is 64.0 Å². The van der Waals surface area contributed by atoms with Gasteiger partial charge in [0.05, 0.1) is 12.3 Å². The Hall–Kier alpha value is -3.11. The lowest BCUT2D eigenvalue weighted by Gasteiger charge is -2.26. The molecule has 0 aliphatic carbocycles. The number of rotatable bonds is 7. The minimum absolute atomic E-state index is 0.757. The first kappa shape index (κ1) is 19.8. The lowest BCUT2D eigenvalue weighted by atomic mass is 10.0. The molecule has 2 aromatic carbocycles. The first-order valence-corrected chi connectivity index (χ1v) is 11.4. The molecule has 0 amide bonds. The van der Waals surface area contributed by atoms with Crippen molar-refractivity contribution in [3.63, 3.8) is 0 Å². The van der Waals surface area contributed by atoms with Crippen LogP contribution in [0.25, 0.3) is 28.0 Å². The number of ether oxygens (including phenoxy) is 1. The highest BCUT2D eigenvalue weighted by atomic mass is 16.5. The van der Waals surface area contributed by atoms with E-state index < -0.39 is 0 Å². The minimum atomic E-state index is 0.757. The van der Waals surface area contributed by atoms with E-state index in [9.17, 15) is 0 Å². The third kappa shape index (κ3) is 4.64. The topological polar surface area (TPSA) is 29.8 Å². The number of fused-ring (bicyclic) bond motifs is 1. The van der Waals surface area contributed by atoms with Gasteiger partial charge in [-0.3, -0.25) is 0 Å². The number of hydrogen-bond acceptors (Lipinski definition) is 3. The number of benzene rings is 2. The zero-order valence-electron chi connectivity index (χ0n) is 17.9. The first-order chi connectivity index (χ1) is 15.4. The highest BCUT2D eigenvalue weighted by molar-refractivity contribution is 5.73. The number of likely N-dealkylation sites (tertiary alicyclic amines) is 1. The maximum atomic E-state index is 6.20. The molecule has 3 heterocycles. The molecule has 1 aliphatic heterocycles. The minimum Gasteiger partial charge on any atom is -0.493 e. The van der Waals surface area contributed by atoms with Gasteiger partial charge in [-0.2, -0.15) is 0 Å². The van der Waals surface area contributed by atoms with Crippen LogP contribution >= 0.6 is 0 Å². The lowest BCUT2D eigenvalue weighted by Crippen LogP contribution is -2.31. The molecule has 4 nitrogen and oxygen atoms in total. The second-order valence-electron chi connectivity index (χ2n) is 8.27. The van der Waals surface area contributed by atoms with Crippen LogP contribution in [-0.2, 0) is 0 Å². The second kappa shape index (κ2) is 9.36. The largest absolute Gasteiger partial charge is 0.493 e. The number of piperidine rings is 1. The molecule has 31 heavy (non-hydrogen) atoms. The summed E-state index contributed by atoms with van der Waals surface area (Å²) in [7, 11) is 0. The Labute approximate surface area is 184 Å². The highest BCUT2D eigenvalue weighted by Gasteiger charge is 2.11. The number of hydrogen-bond donors (Lipinski definition) is 0. The molecule has 0 saturated carbocycles. The van der Waals surface area contributed by atoms with Crippen LogP contribution in [0.15, 0.2) is 79.1 Å². The molecule has 0 radical (unpaired) electrons. The maximum Gasteiger partial charge on any atom is 0.137 e. The molecule has 4 aromatic rings. The molecular weight excluding hydrogens is 382 g/mol. The Morgan fingerprint density at radius 1 is 0.806 bits per heavy atom. The maximum absolute atomic E-state index is 6.20. The Morgan fingerprint density at radius 3 is 2.42 bits per heavy atom. The zero-order valence-corrected chi connectivity index (χ0v) is 17.9. The van der Waals surface area contributed by atoms with Crippen LogP contribution in [0.1, 0.15) is 25.7 Å². The van der Waals surface area contributed by atoms with Gasteiger partial charge in [-0.25, -0.2) is 4.98 Å². The van der Waals surface area contributed by atoms with Gasteiger partial charge in [-0.1, -0.05) is 55.0 Å². The summed E-state index contributed by atoms with van der Waals surface area (Å²) in [5.41, 5.74) is 5.37. The van der Waals surface area contributed by atoms with E-state index in [0.29, 0.717) is 0 Å². The van der Waals surface area contributed by atoms with Gasteiger partial charge in [-0.05, 0) is 56.1 Å². The molecule has 0 unspecified atom stereocenters. The second-order valence-corrected chi connectivity index (χ2v) is 8.27. The Kier molecular flexibility index (Phi) is 5.99. The van der Waals surface area contributed by atoms with Crippen LogP contribution in [0.2, 0.25) is 0 Å². The quantitative estimate of drug-likeness (QED) is 0.353. The predicted octanol–water partition coefficient (Wildman–Crippen LogP) is 5.92. The molecule has 0 spiro atoms. The SMILES string of the molecule is c1ccc(-c2ccc(-c3cn4ccccc4n3)cc2)c(OCCCN2CCCCC2)c1. The molecule has 5 rings (SSSR count). The van der Waals surface area contributed by atoms with Gasteiger partial charge in [0.1, 0.15) is 11.4 Å². The fourth-order valence-electron chi connectivity index (χ4n) is 4.38. The van der Waals surface area contributed by atoms with Crippen molar-refractivity contribution in [1.29, 1.82) is 0 Å². The van der Waals surface area contributed by atoms with E-state index in [0.717, 1.165) is 47.8 Å². The van der Waals surface area contributed by atoms with Crippen LogP contribution in [-0.4, -0.2) is 40.5 Å². The van der Waals surface area contributed by atoms with Gasteiger partial charge < -0.3 is 14.0 Å². The Morgan fingerprint density at radius 2 is 1.58 bits per heavy atom. The standard InChI is InChI=1S/C27H29N3O/c1-5-16-29(17-6-1)18-8-20-31-26-10-3-2-9-24(26)22-12-14-23(15-13-22)25-21-30-19-7-4-11-27(30)28-25/h2-4,7,9-15,19,21H,1,5-6,8,16-18,20H2. The first-order valence-electron chi connectivity index (χ1n) is 11.4. The molecule has 2 aromatic heterocycles. The monoisotopic (exact) mass is 411 g/mol. The van der Waals surface area contributed by atoms with Crippen LogP contribution in [0.5, 0.6) is 5.75 Å². The molecule has 1 saturated heterocycles. The molecular formula is C27H29N3O. The molecule has 1 fully saturated rings. The molecule has 0 N–H and O–H groups in total. The highest BCUT2D eigenvalue weighted by Crippen LogP contribution is 2.31. The third-order valence-corrected chi connectivity index (χ3v) is 6.07. The van der Waals surface area contributed by atoms with Crippen LogP contribution in [0.4, 0.5) is 0 Å². The van der Waals surface area contributed by atoms with E-state index in [1.807, 2.05) is 24.4 Å². The van der Waals surface area contributed by atoms with Crippen molar-refractivity contribution in [2.75, 3.05) is 26.2 Å². The summed E-state index contributed by atoms with van der Waals surface area (Å²) in [6.45, 7) is 4.38. The summed E-state index contributed by atoms with van der Waals surface area (Å²) in [6.07, 6.45) is 9.24. The number of nitrogens with zero attached hydrogens (tertiary/aromatic N) is 3. The number of imidazole rings is 1. The molecule has 0 atom stereocenters. The normalized spacial score (nSPS) is 14.7. The van der Waals surface area contributed by atoms with Gasteiger partial charge in [0, 0.05) is 30.1 Å². The number of para-hydroxylation sites is 1. The van der Waals surface area contributed by atoms with E-state index in [-0.39, 0.29) is 0 Å². The van der Waals surface area contributed by atoms with Crippen LogP contribution in [0, 0.1) is 0 Å². The van der Waals surface area contributed by atoms with Gasteiger partial charge >= 0.3 is 0 Å². The van der Waals surface area contributed by atoms with Crippen molar-refractivity contribution in [3.8, 4) is 28.1 Å². The van der Waals surface area contributed by atoms with E-state index in [1.165, 1.54) is 37.9 Å². The molecule has 0 bridgehead atoms. The summed E-state index contributed by atoms with van der Waals surface area (Å²) in [4.78, 5) is 7.29. The predicted molar refractivity (Wildman–Crippen MR) is 126 cm³/mol. The summed E-state index contributed by atoms with van der Waals surface area (Å²) in [5, 5.41) is 0. The van der Waals surface area contributed by atoms with E-state index in [4.69, 9.17) is 9.72 Å². The third-order valence-electron chi connectivity index (χ3n) is 6.07. The van der Waals surface area contributed by atoms with E-state index >= 15 is 0 Å². The molecule has 4 heteroatoms. The summed E-state index contributed by atoms with van der Waals surface area (Å²) < 4.78 is 8.25. The van der Waals surface area contributed by atoms with Crippen molar-refractivity contribution >= 4 is 5.65 Å². The zero-order chi connectivity index (χ0) is 20.9. The van der Waals surface area contributed by atoms with Crippen molar-refractivity contribution < 1.29 is 4.74 Å². The lowest BCUT2D eigenvalue weighted by molar-refractivity contribution is 0.205. The van der Waals surface area contributed by atoms with Crippen LogP contribution < -0.4 is 4.74 Å². The van der Waals surface area contributed by atoms with Gasteiger partial charge in [-0.15, -0.1) is 0 Å². The van der Waals surface area contributed by atoms with Crippen LogP contribution in [0.3, 0.4) is 0 Å². The fraction of sp³-hybridized carbons (Fsp3) is 0.296. The average molecular weight is 412 g/mol. The number of aromatic nitrogens is 2. The summed E-state index contributed by atoms with van der Waals surface area (Å²) in [5.74, 6) is 0.960. The molecule has 1 aliphatic rings. The average Bonchev–Trinajstić information content (AvgIpc) is 3.27. The Balaban J connectivity index is 1.26. The Bertz CT molecular complexity index is 1090.